The maximum atomic E-state index is 11.6. The van der Waals surface area contributed by atoms with Crippen LogP contribution in [0.4, 0.5) is 4.79 Å². The van der Waals surface area contributed by atoms with Crippen molar-refractivity contribution in [2.45, 2.75) is 39.3 Å². The summed E-state index contributed by atoms with van der Waals surface area (Å²) in [6, 6.07) is 8.05. The van der Waals surface area contributed by atoms with Gasteiger partial charge in [-0.25, -0.2) is 9.78 Å². The topological polar surface area (TPSA) is 92.6 Å². The summed E-state index contributed by atoms with van der Waals surface area (Å²) in [5.41, 5.74) is 1.60. The van der Waals surface area contributed by atoms with E-state index in [0.717, 1.165) is 23.3 Å². The maximum Gasteiger partial charge on any atom is 0.407 e. The Bertz CT molecular complexity index is 791. The molecular formula is C19H30N6O2. The van der Waals surface area contributed by atoms with Crippen molar-refractivity contribution in [3.05, 3.63) is 30.1 Å². The molecule has 27 heavy (non-hydrogen) atoms. The Kier molecular flexibility index (Phi) is 7.04. The van der Waals surface area contributed by atoms with Gasteiger partial charge in [0.05, 0.1) is 17.6 Å². The normalized spacial score (nSPS) is 12.1. The van der Waals surface area contributed by atoms with Crippen LogP contribution in [-0.2, 0) is 18.3 Å². The predicted octanol–water partition coefficient (Wildman–Crippen LogP) is 2.15. The molecule has 0 saturated heterocycles. The molecule has 0 spiro atoms. The van der Waals surface area contributed by atoms with Crippen LogP contribution in [0.15, 0.2) is 29.3 Å². The number of imidazole rings is 1. The number of alkyl carbamates (subject to hydrolysis) is 1. The first-order valence-corrected chi connectivity index (χ1v) is 9.12. The average Bonchev–Trinajstić information content (AvgIpc) is 2.92. The molecule has 1 amide bonds. The molecule has 2 rings (SSSR count). The molecule has 0 saturated carbocycles. The number of fused-ring (bicyclic) bond motifs is 1. The van der Waals surface area contributed by atoms with Gasteiger partial charge in [0.25, 0.3) is 0 Å². The number of guanidine groups is 1. The molecule has 3 N–H and O–H groups in total. The second-order valence-electron chi connectivity index (χ2n) is 7.21. The van der Waals surface area contributed by atoms with Crippen LogP contribution in [0.25, 0.3) is 11.0 Å². The van der Waals surface area contributed by atoms with E-state index in [9.17, 15) is 4.79 Å². The molecule has 8 nitrogen and oxygen atoms in total. The van der Waals surface area contributed by atoms with Crippen molar-refractivity contribution in [2.24, 2.45) is 12.0 Å². The van der Waals surface area contributed by atoms with Gasteiger partial charge in [-0.1, -0.05) is 12.1 Å². The van der Waals surface area contributed by atoms with Gasteiger partial charge in [0.2, 0.25) is 0 Å². The third-order valence-electron chi connectivity index (χ3n) is 3.83. The Hall–Kier alpha value is -2.77. The summed E-state index contributed by atoms with van der Waals surface area (Å²) in [5, 5.41) is 9.22. The summed E-state index contributed by atoms with van der Waals surface area (Å²) < 4.78 is 7.26. The molecule has 8 heteroatoms. The second kappa shape index (κ2) is 9.25. The van der Waals surface area contributed by atoms with Crippen molar-refractivity contribution >= 4 is 23.1 Å². The fraction of sp³-hybridized carbons (Fsp3) is 0.526. The number of hydrogen-bond donors (Lipinski definition) is 3. The van der Waals surface area contributed by atoms with E-state index >= 15 is 0 Å². The highest BCUT2D eigenvalue weighted by molar-refractivity contribution is 5.80. The van der Waals surface area contributed by atoms with Crippen LogP contribution in [0.3, 0.4) is 0 Å². The van der Waals surface area contributed by atoms with Gasteiger partial charge in [-0.05, 0) is 39.3 Å². The summed E-state index contributed by atoms with van der Waals surface area (Å²) in [6.07, 6.45) is 0.360. The van der Waals surface area contributed by atoms with Crippen LogP contribution in [0.2, 0.25) is 0 Å². The summed E-state index contributed by atoms with van der Waals surface area (Å²) in [4.78, 5) is 20.4. The zero-order valence-corrected chi connectivity index (χ0v) is 16.8. The number of amides is 1. The monoisotopic (exact) mass is 374 g/mol. The van der Waals surface area contributed by atoms with E-state index in [1.165, 1.54) is 0 Å². The van der Waals surface area contributed by atoms with Gasteiger partial charge >= 0.3 is 6.09 Å². The van der Waals surface area contributed by atoms with Crippen LogP contribution in [0.1, 0.15) is 33.0 Å². The van der Waals surface area contributed by atoms with Crippen molar-refractivity contribution in [1.82, 2.24) is 25.5 Å². The predicted molar refractivity (Wildman–Crippen MR) is 108 cm³/mol. The number of para-hydroxylation sites is 2. The Morgan fingerprint density at radius 3 is 2.56 bits per heavy atom. The van der Waals surface area contributed by atoms with Crippen molar-refractivity contribution in [1.29, 1.82) is 0 Å². The Labute approximate surface area is 160 Å². The molecule has 1 aromatic carbocycles. The summed E-state index contributed by atoms with van der Waals surface area (Å²) in [6.45, 7) is 7.31. The van der Waals surface area contributed by atoms with Crippen molar-refractivity contribution in [2.75, 3.05) is 20.1 Å². The highest BCUT2D eigenvalue weighted by atomic mass is 16.6. The number of aliphatic imine (C=N–C) groups is 1. The van der Waals surface area contributed by atoms with E-state index in [4.69, 9.17) is 4.74 Å². The highest BCUT2D eigenvalue weighted by Crippen LogP contribution is 2.13. The smallest absolute Gasteiger partial charge is 0.407 e. The van der Waals surface area contributed by atoms with Gasteiger partial charge in [-0.15, -0.1) is 0 Å². The molecule has 148 valence electrons. The molecule has 0 fully saturated rings. The molecule has 0 aliphatic heterocycles. The summed E-state index contributed by atoms with van der Waals surface area (Å²) in [7, 11) is 3.73. The molecule has 0 radical (unpaired) electrons. The summed E-state index contributed by atoms with van der Waals surface area (Å²) in [5.74, 6) is 1.63. The lowest BCUT2D eigenvalue weighted by molar-refractivity contribution is 0.0527. The largest absolute Gasteiger partial charge is 0.444 e. The van der Waals surface area contributed by atoms with Gasteiger partial charge in [0.15, 0.2) is 5.96 Å². The maximum absolute atomic E-state index is 11.6. The third kappa shape index (κ3) is 6.47. The zero-order valence-electron chi connectivity index (χ0n) is 16.8. The Morgan fingerprint density at radius 2 is 1.89 bits per heavy atom. The zero-order chi connectivity index (χ0) is 19.9. The number of carbonyl (C=O) groups excluding carboxylic acids is 1. The van der Waals surface area contributed by atoms with Crippen LogP contribution in [0.5, 0.6) is 0 Å². The number of rotatable bonds is 6. The fourth-order valence-corrected chi connectivity index (χ4v) is 2.54. The van der Waals surface area contributed by atoms with E-state index in [1.807, 2.05) is 46.0 Å². The number of nitrogens with one attached hydrogen (secondary N) is 3. The molecular weight excluding hydrogens is 344 g/mol. The first-order valence-electron chi connectivity index (χ1n) is 9.12. The number of benzene rings is 1. The van der Waals surface area contributed by atoms with E-state index < -0.39 is 11.7 Å². The van der Waals surface area contributed by atoms with E-state index in [2.05, 4.69) is 36.6 Å². The third-order valence-corrected chi connectivity index (χ3v) is 3.83. The minimum atomic E-state index is -0.482. The SMILES string of the molecule is CN=C(NCCCNC(=O)OC(C)(C)C)NCc1nc2ccccc2n1C. The van der Waals surface area contributed by atoms with Gasteiger partial charge in [-0.3, -0.25) is 4.99 Å². The first kappa shape index (κ1) is 20.5. The minimum absolute atomic E-state index is 0.396. The van der Waals surface area contributed by atoms with Gasteiger partial charge in [-0.2, -0.15) is 0 Å². The standard InChI is InChI=1S/C19H30N6O2/c1-19(2,3)27-18(26)22-12-8-11-21-17(20-4)23-13-16-24-14-9-6-7-10-15(14)25(16)5/h6-7,9-10H,8,11-13H2,1-5H3,(H,22,26)(H2,20,21,23). The quantitative estimate of drug-likeness (QED) is 0.409. The lowest BCUT2D eigenvalue weighted by Crippen LogP contribution is -2.39. The van der Waals surface area contributed by atoms with E-state index in [0.29, 0.717) is 25.6 Å². The summed E-state index contributed by atoms with van der Waals surface area (Å²) >= 11 is 0. The number of carbonyl (C=O) groups is 1. The number of ether oxygens (including phenoxy) is 1. The van der Waals surface area contributed by atoms with E-state index in [-0.39, 0.29) is 0 Å². The van der Waals surface area contributed by atoms with Crippen LogP contribution in [-0.4, -0.2) is 47.3 Å². The Morgan fingerprint density at radius 1 is 1.19 bits per heavy atom. The molecule has 0 atom stereocenters. The second-order valence-corrected chi connectivity index (χ2v) is 7.21. The molecule has 0 bridgehead atoms. The average molecular weight is 374 g/mol. The van der Waals surface area contributed by atoms with Gasteiger partial charge < -0.3 is 25.3 Å². The lowest BCUT2D eigenvalue weighted by atomic mass is 10.2. The number of nitrogens with zero attached hydrogens (tertiary/aromatic N) is 3. The fourth-order valence-electron chi connectivity index (χ4n) is 2.54. The lowest BCUT2D eigenvalue weighted by Gasteiger charge is -2.19. The number of aryl methyl sites for hydroxylation is 1. The molecule has 2 aromatic rings. The van der Waals surface area contributed by atoms with Crippen molar-refractivity contribution < 1.29 is 9.53 Å². The minimum Gasteiger partial charge on any atom is -0.444 e. The molecule has 0 aliphatic rings. The number of aromatic nitrogens is 2. The molecule has 1 aromatic heterocycles. The molecule has 1 heterocycles. The first-order chi connectivity index (χ1) is 12.8. The molecule has 0 aliphatic carbocycles. The van der Waals surface area contributed by atoms with Gasteiger partial charge in [0, 0.05) is 27.2 Å². The van der Waals surface area contributed by atoms with Crippen LogP contribution < -0.4 is 16.0 Å². The van der Waals surface area contributed by atoms with Crippen molar-refractivity contribution in [3.8, 4) is 0 Å². The van der Waals surface area contributed by atoms with E-state index in [1.54, 1.807) is 7.05 Å². The van der Waals surface area contributed by atoms with Crippen LogP contribution >= 0.6 is 0 Å². The van der Waals surface area contributed by atoms with Gasteiger partial charge in [0.1, 0.15) is 11.4 Å². The van der Waals surface area contributed by atoms with Crippen molar-refractivity contribution in [3.63, 3.8) is 0 Å². The molecule has 0 unspecified atom stereocenters. The Balaban J connectivity index is 1.71. The highest BCUT2D eigenvalue weighted by Gasteiger charge is 2.15. The number of hydrogen-bond acceptors (Lipinski definition) is 4. The van der Waals surface area contributed by atoms with Crippen LogP contribution in [0, 0.1) is 0 Å².